The van der Waals surface area contributed by atoms with Crippen molar-refractivity contribution in [1.29, 1.82) is 0 Å². The zero-order valence-corrected chi connectivity index (χ0v) is 18.0. The van der Waals surface area contributed by atoms with Gasteiger partial charge in [-0.05, 0) is 102 Å². The molecule has 1 saturated carbocycles. The Kier molecular flexibility index (Phi) is 5.44. The van der Waals surface area contributed by atoms with E-state index < -0.39 is 0 Å². The standard InChI is InChI=1S/C23H43N3/c1-19(2)15-23(5-6-23)18-24-11-7-22(8-12-24)9-13-25(14-10-22)21-16-26(17-21)20(3)4/h19-21H,5-18H2,1-4H3. The van der Waals surface area contributed by atoms with E-state index in [1.165, 1.54) is 90.8 Å². The van der Waals surface area contributed by atoms with Gasteiger partial charge in [0.25, 0.3) is 0 Å². The molecule has 4 aliphatic rings. The Bertz CT molecular complexity index is 458. The van der Waals surface area contributed by atoms with Gasteiger partial charge in [-0.15, -0.1) is 0 Å². The summed E-state index contributed by atoms with van der Waals surface area (Å²) in [5.41, 5.74) is 1.41. The second kappa shape index (κ2) is 7.37. The second-order valence-electron chi connectivity index (χ2n) is 11.1. The number of nitrogens with zero attached hydrogens (tertiary/aromatic N) is 3. The zero-order valence-electron chi connectivity index (χ0n) is 18.0. The quantitative estimate of drug-likeness (QED) is 0.706. The Morgan fingerprint density at radius 3 is 1.88 bits per heavy atom. The van der Waals surface area contributed by atoms with E-state index in [-0.39, 0.29) is 0 Å². The maximum Gasteiger partial charge on any atom is 0.0350 e. The summed E-state index contributed by atoms with van der Waals surface area (Å²) in [6, 6.07) is 1.60. The molecule has 0 unspecified atom stereocenters. The van der Waals surface area contributed by atoms with Gasteiger partial charge in [0.15, 0.2) is 0 Å². The minimum atomic E-state index is 0.698. The summed E-state index contributed by atoms with van der Waals surface area (Å²) < 4.78 is 0. The average Bonchev–Trinajstić information content (AvgIpc) is 3.28. The molecule has 1 aliphatic carbocycles. The van der Waals surface area contributed by atoms with Crippen LogP contribution in [0.5, 0.6) is 0 Å². The molecule has 0 aromatic carbocycles. The highest BCUT2D eigenvalue weighted by molar-refractivity contribution is 4.99. The summed E-state index contributed by atoms with van der Waals surface area (Å²) >= 11 is 0. The molecule has 0 bridgehead atoms. The van der Waals surface area contributed by atoms with E-state index in [4.69, 9.17) is 0 Å². The summed E-state index contributed by atoms with van der Waals surface area (Å²) in [5, 5.41) is 0. The van der Waals surface area contributed by atoms with Crippen LogP contribution in [0.2, 0.25) is 0 Å². The highest BCUT2D eigenvalue weighted by Gasteiger charge is 2.46. The monoisotopic (exact) mass is 361 g/mol. The largest absolute Gasteiger partial charge is 0.303 e. The molecule has 3 aliphatic heterocycles. The number of hydrogen-bond acceptors (Lipinski definition) is 3. The van der Waals surface area contributed by atoms with Gasteiger partial charge < -0.3 is 4.90 Å². The van der Waals surface area contributed by atoms with Crippen LogP contribution in [0.4, 0.5) is 0 Å². The molecule has 3 nitrogen and oxygen atoms in total. The molecule has 4 fully saturated rings. The molecular weight excluding hydrogens is 318 g/mol. The fourth-order valence-corrected chi connectivity index (χ4v) is 6.13. The normalized spacial score (nSPS) is 30.2. The summed E-state index contributed by atoms with van der Waals surface area (Å²) in [5.74, 6) is 0.871. The molecule has 0 N–H and O–H groups in total. The molecule has 4 rings (SSSR count). The van der Waals surface area contributed by atoms with Crippen LogP contribution in [0.25, 0.3) is 0 Å². The van der Waals surface area contributed by atoms with Gasteiger partial charge in [0.1, 0.15) is 0 Å². The van der Waals surface area contributed by atoms with Gasteiger partial charge in [-0.1, -0.05) is 13.8 Å². The molecule has 0 atom stereocenters. The van der Waals surface area contributed by atoms with E-state index in [1.807, 2.05) is 0 Å². The van der Waals surface area contributed by atoms with Crippen LogP contribution < -0.4 is 0 Å². The van der Waals surface area contributed by atoms with Gasteiger partial charge in [-0.3, -0.25) is 9.80 Å². The van der Waals surface area contributed by atoms with Crippen LogP contribution in [0.1, 0.15) is 72.6 Å². The van der Waals surface area contributed by atoms with Gasteiger partial charge in [-0.25, -0.2) is 0 Å². The molecule has 150 valence electrons. The maximum atomic E-state index is 2.83. The van der Waals surface area contributed by atoms with E-state index in [9.17, 15) is 0 Å². The summed E-state index contributed by atoms with van der Waals surface area (Å²) in [6.07, 6.45) is 10.3. The highest BCUT2D eigenvalue weighted by Crippen LogP contribution is 2.52. The molecule has 0 radical (unpaired) electrons. The third-order valence-electron chi connectivity index (χ3n) is 8.27. The van der Waals surface area contributed by atoms with E-state index in [2.05, 4.69) is 42.4 Å². The molecule has 0 aromatic heterocycles. The zero-order chi connectivity index (χ0) is 18.4. The SMILES string of the molecule is CC(C)CC1(CN2CCC3(CC2)CCN(C2CN(C(C)C)C2)CC3)CC1. The van der Waals surface area contributed by atoms with Crippen molar-refractivity contribution >= 4 is 0 Å². The lowest BCUT2D eigenvalue weighted by Crippen LogP contribution is -2.63. The average molecular weight is 362 g/mol. The molecule has 0 amide bonds. The molecule has 26 heavy (non-hydrogen) atoms. The minimum Gasteiger partial charge on any atom is -0.303 e. The Morgan fingerprint density at radius 2 is 1.38 bits per heavy atom. The Labute approximate surface area is 162 Å². The molecule has 3 heteroatoms. The fourth-order valence-electron chi connectivity index (χ4n) is 6.13. The van der Waals surface area contributed by atoms with Gasteiger partial charge in [0.05, 0.1) is 0 Å². The Hall–Kier alpha value is -0.120. The first-order valence-electron chi connectivity index (χ1n) is 11.6. The van der Waals surface area contributed by atoms with Crippen LogP contribution in [0.15, 0.2) is 0 Å². The number of rotatable bonds is 6. The van der Waals surface area contributed by atoms with Gasteiger partial charge in [0, 0.05) is 31.7 Å². The third-order valence-corrected chi connectivity index (χ3v) is 8.27. The predicted octanol–water partition coefficient (Wildman–Crippen LogP) is 4.08. The Morgan fingerprint density at radius 1 is 0.808 bits per heavy atom. The van der Waals surface area contributed by atoms with Crippen LogP contribution in [0, 0.1) is 16.7 Å². The Balaban J connectivity index is 1.19. The van der Waals surface area contributed by atoms with E-state index in [1.54, 1.807) is 0 Å². The third kappa shape index (κ3) is 4.15. The molecule has 3 heterocycles. The summed E-state index contributed by atoms with van der Waals surface area (Å²) in [7, 11) is 0. The van der Waals surface area contributed by atoms with Crippen molar-refractivity contribution in [3.8, 4) is 0 Å². The lowest BCUT2D eigenvalue weighted by Gasteiger charge is -2.53. The molecule has 1 spiro atoms. The first kappa shape index (κ1) is 19.2. The van der Waals surface area contributed by atoms with Crippen molar-refractivity contribution in [1.82, 2.24) is 14.7 Å². The van der Waals surface area contributed by atoms with E-state index in [0.717, 1.165) is 18.0 Å². The molecular formula is C23H43N3. The van der Waals surface area contributed by atoms with Gasteiger partial charge in [0.2, 0.25) is 0 Å². The minimum absolute atomic E-state index is 0.698. The first-order chi connectivity index (χ1) is 12.4. The maximum absolute atomic E-state index is 2.83. The summed E-state index contributed by atoms with van der Waals surface area (Å²) in [4.78, 5) is 8.27. The predicted molar refractivity (Wildman–Crippen MR) is 111 cm³/mol. The molecule has 3 saturated heterocycles. The van der Waals surface area contributed by atoms with Crippen LogP contribution in [-0.4, -0.2) is 72.6 Å². The van der Waals surface area contributed by atoms with E-state index >= 15 is 0 Å². The fraction of sp³-hybridized carbons (Fsp3) is 1.00. The van der Waals surface area contributed by atoms with Crippen LogP contribution in [0.3, 0.4) is 0 Å². The number of hydrogen-bond donors (Lipinski definition) is 0. The number of piperidine rings is 2. The van der Waals surface area contributed by atoms with Crippen molar-refractivity contribution in [3.63, 3.8) is 0 Å². The van der Waals surface area contributed by atoms with Crippen molar-refractivity contribution in [3.05, 3.63) is 0 Å². The van der Waals surface area contributed by atoms with Crippen molar-refractivity contribution in [2.24, 2.45) is 16.7 Å². The van der Waals surface area contributed by atoms with Crippen molar-refractivity contribution < 1.29 is 0 Å². The molecule has 0 aromatic rings. The lowest BCUT2D eigenvalue weighted by atomic mass is 9.70. The number of likely N-dealkylation sites (tertiary alicyclic amines) is 3. The van der Waals surface area contributed by atoms with Gasteiger partial charge in [-0.2, -0.15) is 0 Å². The highest BCUT2D eigenvalue weighted by atomic mass is 15.3. The smallest absolute Gasteiger partial charge is 0.0350 e. The van der Waals surface area contributed by atoms with Crippen molar-refractivity contribution in [2.45, 2.75) is 84.7 Å². The second-order valence-corrected chi connectivity index (χ2v) is 11.1. The summed E-state index contributed by atoms with van der Waals surface area (Å²) in [6.45, 7) is 19.0. The lowest BCUT2D eigenvalue weighted by molar-refractivity contribution is -0.0343. The first-order valence-corrected chi connectivity index (χ1v) is 11.6. The van der Waals surface area contributed by atoms with Crippen molar-refractivity contribution in [2.75, 3.05) is 45.8 Å². The topological polar surface area (TPSA) is 9.72 Å². The van der Waals surface area contributed by atoms with Crippen LogP contribution in [-0.2, 0) is 0 Å². The van der Waals surface area contributed by atoms with Crippen LogP contribution >= 0.6 is 0 Å². The van der Waals surface area contributed by atoms with Gasteiger partial charge >= 0.3 is 0 Å². The van der Waals surface area contributed by atoms with E-state index in [0.29, 0.717) is 10.8 Å².